The number of benzene rings is 2. The van der Waals surface area contributed by atoms with Gasteiger partial charge in [-0.25, -0.2) is 0 Å². The van der Waals surface area contributed by atoms with Crippen molar-refractivity contribution in [2.45, 2.75) is 19.3 Å². The summed E-state index contributed by atoms with van der Waals surface area (Å²) in [7, 11) is 0. The molecule has 0 aliphatic carbocycles. The Labute approximate surface area is 161 Å². The summed E-state index contributed by atoms with van der Waals surface area (Å²) in [5.41, 5.74) is 2.44. The molecule has 0 bridgehead atoms. The van der Waals surface area contributed by atoms with Gasteiger partial charge in [0.2, 0.25) is 0 Å². The topological polar surface area (TPSA) is 49.8 Å². The minimum absolute atomic E-state index is 0. The van der Waals surface area contributed by atoms with E-state index in [-0.39, 0.29) is 18.3 Å². The molecule has 0 aromatic heterocycles. The van der Waals surface area contributed by atoms with E-state index in [0.29, 0.717) is 13.2 Å². The number of carbonyl (C=O) groups is 1. The largest absolute Gasteiger partial charge is 0.492 e. The molecule has 1 unspecified atom stereocenters. The van der Waals surface area contributed by atoms with E-state index in [1.165, 1.54) is 11.1 Å². The summed E-state index contributed by atoms with van der Waals surface area (Å²) in [6, 6.07) is 18.5. The second-order valence-electron chi connectivity index (χ2n) is 6.60. The zero-order chi connectivity index (χ0) is 17.5. The van der Waals surface area contributed by atoms with Gasteiger partial charge in [0, 0.05) is 19.5 Å². The maximum absolute atomic E-state index is 11.2. The highest BCUT2D eigenvalue weighted by Gasteiger charge is 2.24. The number of aliphatic carboxylic acids is 1. The normalized spacial score (nSPS) is 17.3. The average molecular weight is 376 g/mol. The molecule has 4 nitrogen and oxygen atoms in total. The monoisotopic (exact) mass is 375 g/mol. The van der Waals surface area contributed by atoms with Crippen molar-refractivity contribution in [3.05, 3.63) is 65.7 Å². The summed E-state index contributed by atoms with van der Waals surface area (Å²) in [5.74, 6) is -0.00362. The molecule has 1 fully saturated rings. The van der Waals surface area contributed by atoms with Gasteiger partial charge >= 0.3 is 5.97 Å². The zero-order valence-electron chi connectivity index (χ0n) is 14.8. The van der Waals surface area contributed by atoms with Crippen LogP contribution < -0.4 is 4.74 Å². The third-order valence-corrected chi connectivity index (χ3v) is 4.73. The lowest BCUT2D eigenvalue weighted by Gasteiger charge is -2.30. The van der Waals surface area contributed by atoms with Crippen LogP contribution in [0.15, 0.2) is 54.6 Å². The molecule has 1 heterocycles. The Morgan fingerprint density at radius 2 is 1.85 bits per heavy atom. The number of hydrogen-bond acceptors (Lipinski definition) is 3. The number of hydrogen-bond donors (Lipinski definition) is 1. The molecule has 1 atom stereocenters. The van der Waals surface area contributed by atoms with Crippen molar-refractivity contribution >= 4 is 18.4 Å². The van der Waals surface area contributed by atoms with Crippen LogP contribution in [0, 0.1) is 5.92 Å². The number of rotatable bonds is 7. The third kappa shape index (κ3) is 5.75. The second-order valence-corrected chi connectivity index (χ2v) is 6.60. The van der Waals surface area contributed by atoms with Crippen LogP contribution in [-0.4, -0.2) is 42.2 Å². The van der Waals surface area contributed by atoms with Crippen LogP contribution in [0.4, 0.5) is 0 Å². The lowest BCUT2D eigenvalue weighted by atomic mass is 9.98. The molecule has 1 aliphatic heterocycles. The van der Waals surface area contributed by atoms with Crippen LogP contribution in [0.25, 0.3) is 0 Å². The van der Waals surface area contributed by atoms with Crippen molar-refractivity contribution in [2.75, 3.05) is 26.2 Å². The summed E-state index contributed by atoms with van der Waals surface area (Å²) < 4.78 is 6.02. The van der Waals surface area contributed by atoms with Gasteiger partial charge in [-0.05, 0) is 36.6 Å². The smallest absolute Gasteiger partial charge is 0.307 e. The van der Waals surface area contributed by atoms with Gasteiger partial charge in [-0.3, -0.25) is 9.69 Å². The van der Waals surface area contributed by atoms with Crippen LogP contribution in [-0.2, 0) is 11.2 Å². The number of ether oxygens (including phenoxy) is 1. The third-order valence-electron chi connectivity index (χ3n) is 4.73. The first-order valence-electron chi connectivity index (χ1n) is 8.92. The van der Waals surface area contributed by atoms with Crippen LogP contribution in [0.1, 0.15) is 24.0 Å². The fourth-order valence-corrected chi connectivity index (χ4v) is 3.35. The summed E-state index contributed by atoms with van der Waals surface area (Å²) in [6.45, 7) is 2.94. The van der Waals surface area contributed by atoms with E-state index in [0.717, 1.165) is 38.1 Å². The summed E-state index contributed by atoms with van der Waals surface area (Å²) in [6.07, 6.45) is 2.58. The van der Waals surface area contributed by atoms with Gasteiger partial charge in [0.15, 0.2) is 0 Å². The van der Waals surface area contributed by atoms with E-state index in [4.69, 9.17) is 4.74 Å². The highest BCUT2D eigenvalue weighted by Crippen LogP contribution is 2.22. The molecule has 1 N–H and O–H groups in total. The molecular formula is C21H26ClNO3. The van der Waals surface area contributed by atoms with Gasteiger partial charge in [-0.1, -0.05) is 48.5 Å². The standard InChI is InChI=1S/C21H25NO3.ClH/c23-21(24)19-10-6-12-22(16-19)13-14-25-20-11-5-4-9-18(20)15-17-7-2-1-3-8-17;/h1-5,7-9,11,19H,6,10,12-16H2,(H,23,24);1H. The number of nitrogens with zero attached hydrogens (tertiary/aromatic N) is 1. The number of carboxylic acids is 1. The van der Waals surface area contributed by atoms with Crippen molar-refractivity contribution in [1.29, 1.82) is 0 Å². The van der Waals surface area contributed by atoms with Gasteiger partial charge in [-0.15, -0.1) is 12.4 Å². The molecular weight excluding hydrogens is 350 g/mol. The maximum Gasteiger partial charge on any atom is 0.307 e. The first-order chi connectivity index (χ1) is 12.2. The van der Waals surface area contributed by atoms with Gasteiger partial charge in [0.25, 0.3) is 0 Å². The van der Waals surface area contributed by atoms with Gasteiger partial charge in [0.1, 0.15) is 12.4 Å². The van der Waals surface area contributed by atoms with Crippen molar-refractivity contribution in [1.82, 2.24) is 4.90 Å². The Kier molecular flexibility index (Phi) is 7.95. The molecule has 3 rings (SSSR count). The van der Waals surface area contributed by atoms with Crippen molar-refractivity contribution in [3.63, 3.8) is 0 Å². The Morgan fingerprint density at radius 3 is 2.62 bits per heavy atom. The Balaban J connectivity index is 0.00000243. The van der Waals surface area contributed by atoms with E-state index in [9.17, 15) is 9.90 Å². The average Bonchev–Trinajstić information content (AvgIpc) is 2.64. The number of piperidine rings is 1. The first-order valence-corrected chi connectivity index (χ1v) is 8.92. The molecule has 0 amide bonds. The molecule has 140 valence electrons. The van der Waals surface area contributed by atoms with E-state index in [1.54, 1.807) is 0 Å². The van der Waals surface area contributed by atoms with Crippen molar-refractivity contribution < 1.29 is 14.6 Å². The Morgan fingerprint density at radius 1 is 1.12 bits per heavy atom. The Bertz CT molecular complexity index is 693. The van der Waals surface area contributed by atoms with Crippen molar-refractivity contribution in [2.24, 2.45) is 5.92 Å². The predicted octanol–water partition coefficient (Wildman–Crippen LogP) is 3.87. The summed E-state index contributed by atoms with van der Waals surface area (Å²) in [5, 5.41) is 9.18. The zero-order valence-corrected chi connectivity index (χ0v) is 15.7. The minimum atomic E-state index is -0.682. The quantitative estimate of drug-likeness (QED) is 0.798. The van der Waals surface area contributed by atoms with Crippen LogP contribution in [0.2, 0.25) is 0 Å². The van der Waals surface area contributed by atoms with Gasteiger partial charge < -0.3 is 9.84 Å². The van der Waals surface area contributed by atoms with Crippen LogP contribution in [0.3, 0.4) is 0 Å². The van der Waals surface area contributed by atoms with Crippen LogP contribution in [0.5, 0.6) is 5.75 Å². The molecule has 2 aromatic carbocycles. The number of halogens is 1. The highest BCUT2D eigenvalue weighted by molar-refractivity contribution is 5.85. The van der Waals surface area contributed by atoms with Gasteiger partial charge in [0.05, 0.1) is 5.92 Å². The fourth-order valence-electron chi connectivity index (χ4n) is 3.35. The lowest BCUT2D eigenvalue weighted by Crippen LogP contribution is -2.40. The Hall–Kier alpha value is -2.04. The maximum atomic E-state index is 11.2. The number of carboxylic acid groups (broad SMARTS) is 1. The number of likely N-dealkylation sites (tertiary alicyclic amines) is 1. The predicted molar refractivity (Wildman–Crippen MR) is 105 cm³/mol. The molecule has 1 aliphatic rings. The molecule has 26 heavy (non-hydrogen) atoms. The lowest BCUT2D eigenvalue weighted by molar-refractivity contribution is -0.143. The molecule has 0 spiro atoms. The van der Waals surface area contributed by atoms with E-state index < -0.39 is 5.97 Å². The molecule has 2 aromatic rings. The first kappa shape index (κ1) is 20.3. The highest BCUT2D eigenvalue weighted by atomic mass is 35.5. The summed E-state index contributed by atoms with van der Waals surface area (Å²) >= 11 is 0. The van der Waals surface area contributed by atoms with E-state index >= 15 is 0 Å². The SMILES string of the molecule is Cl.O=C(O)C1CCCN(CCOc2ccccc2Cc2ccccc2)C1. The van der Waals surface area contributed by atoms with Gasteiger partial charge in [-0.2, -0.15) is 0 Å². The fraction of sp³-hybridized carbons (Fsp3) is 0.381. The van der Waals surface area contributed by atoms with Crippen molar-refractivity contribution in [3.8, 4) is 5.75 Å². The molecule has 0 radical (unpaired) electrons. The molecule has 1 saturated heterocycles. The minimum Gasteiger partial charge on any atom is -0.492 e. The second kappa shape index (κ2) is 10.2. The van der Waals surface area contributed by atoms with Crippen LogP contribution >= 0.6 is 12.4 Å². The van der Waals surface area contributed by atoms with E-state index in [2.05, 4.69) is 23.1 Å². The number of para-hydroxylation sites is 1. The van der Waals surface area contributed by atoms with E-state index in [1.807, 2.05) is 36.4 Å². The summed E-state index contributed by atoms with van der Waals surface area (Å²) in [4.78, 5) is 13.4. The molecule has 0 saturated carbocycles. The molecule has 5 heteroatoms.